The number of rotatable bonds is 4. The Morgan fingerprint density at radius 2 is 1.76 bits per heavy atom. The first-order valence-corrected chi connectivity index (χ1v) is 7.44. The summed E-state index contributed by atoms with van der Waals surface area (Å²) in [5, 5.41) is 5.88. The molecule has 0 bridgehead atoms. The van der Waals surface area contributed by atoms with E-state index in [1.165, 1.54) is 19.3 Å². The van der Waals surface area contributed by atoms with Gasteiger partial charge in [0.05, 0.1) is 19.9 Å². The summed E-state index contributed by atoms with van der Waals surface area (Å²) in [7, 11) is 3.20. The minimum absolute atomic E-state index is 0.189. The van der Waals surface area contributed by atoms with Crippen molar-refractivity contribution in [2.75, 3.05) is 19.5 Å². The topological polar surface area (TPSA) is 59.6 Å². The van der Waals surface area contributed by atoms with E-state index < -0.39 is 0 Å². The first kappa shape index (κ1) is 15.5. The second kappa shape index (κ2) is 7.20. The Hall–Kier alpha value is -1.91. The molecule has 5 nitrogen and oxygen atoms in total. The Bertz CT molecular complexity index is 497. The van der Waals surface area contributed by atoms with Crippen molar-refractivity contribution in [2.45, 2.75) is 45.1 Å². The average molecular weight is 292 g/mol. The number of benzene rings is 1. The zero-order chi connectivity index (χ0) is 15.2. The fourth-order valence-electron chi connectivity index (χ4n) is 2.74. The maximum Gasteiger partial charge on any atom is 0.319 e. The van der Waals surface area contributed by atoms with Crippen LogP contribution >= 0.6 is 0 Å². The van der Waals surface area contributed by atoms with Crippen LogP contribution < -0.4 is 20.1 Å². The van der Waals surface area contributed by atoms with E-state index in [1.807, 2.05) is 13.0 Å². The summed E-state index contributed by atoms with van der Waals surface area (Å²) in [6, 6.07) is 3.73. The van der Waals surface area contributed by atoms with E-state index in [9.17, 15) is 4.79 Å². The number of hydrogen-bond acceptors (Lipinski definition) is 3. The summed E-state index contributed by atoms with van der Waals surface area (Å²) in [4.78, 5) is 12.1. The summed E-state index contributed by atoms with van der Waals surface area (Å²) < 4.78 is 10.6. The van der Waals surface area contributed by atoms with Gasteiger partial charge in [-0.25, -0.2) is 4.79 Å². The Morgan fingerprint density at radius 3 is 2.38 bits per heavy atom. The van der Waals surface area contributed by atoms with Gasteiger partial charge in [-0.05, 0) is 31.4 Å². The van der Waals surface area contributed by atoms with Crippen LogP contribution in [0.25, 0.3) is 0 Å². The van der Waals surface area contributed by atoms with Crippen molar-refractivity contribution >= 4 is 11.7 Å². The van der Waals surface area contributed by atoms with Gasteiger partial charge in [0.25, 0.3) is 0 Å². The van der Waals surface area contributed by atoms with Gasteiger partial charge >= 0.3 is 6.03 Å². The van der Waals surface area contributed by atoms with Crippen molar-refractivity contribution in [3.05, 3.63) is 17.7 Å². The minimum atomic E-state index is -0.189. The van der Waals surface area contributed by atoms with E-state index >= 15 is 0 Å². The van der Waals surface area contributed by atoms with Crippen LogP contribution in [0, 0.1) is 6.92 Å². The molecule has 0 atom stereocenters. The lowest BCUT2D eigenvalue weighted by molar-refractivity contribution is 0.244. The molecule has 1 aromatic carbocycles. The number of carbonyl (C=O) groups is 1. The molecule has 116 valence electrons. The van der Waals surface area contributed by atoms with E-state index in [1.54, 1.807) is 20.3 Å². The lowest BCUT2D eigenvalue weighted by Crippen LogP contribution is -2.39. The number of carbonyl (C=O) groups excluding carboxylic acids is 1. The van der Waals surface area contributed by atoms with Crippen LogP contribution in [0.2, 0.25) is 0 Å². The van der Waals surface area contributed by atoms with Crippen molar-refractivity contribution in [1.29, 1.82) is 0 Å². The van der Waals surface area contributed by atoms with E-state index in [-0.39, 0.29) is 12.1 Å². The quantitative estimate of drug-likeness (QED) is 0.893. The van der Waals surface area contributed by atoms with E-state index in [2.05, 4.69) is 10.6 Å². The minimum Gasteiger partial charge on any atom is -0.496 e. The van der Waals surface area contributed by atoms with Gasteiger partial charge in [0.2, 0.25) is 0 Å². The van der Waals surface area contributed by atoms with Gasteiger partial charge in [-0.15, -0.1) is 0 Å². The molecule has 0 aromatic heterocycles. The summed E-state index contributed by atoms with van der Waals surface area (Å²) in [5.41, 5.74) is 1.58. The Labute approximate surface area is 126 Å². The van der Waals surface area contributed by atoms with Gasteiger partial charge in [-0.3, -0.25) is 0 Å². The molecule has 2 N–H and O–H groups in total. The molecule has 0 unspecified atom stereocenters. The number of anilines is 1. The predicted molar refractivity (Wildman–Crippen MR) is 83.3 cm³/mol. The van der Waals surface area contributed by atoms with E-state index in [4.69, 9.17) is 9.47 Å². The highest BCUT2D eigenvalue weighted by Gasteiger charge is 2.17. The standard InChI is InChI=1S/C16H24N2O3/c1-11-9-15(21-3)13(10-14(11)20-2)18-16(19)17-12-7-5-4-6-8-12/h9-10,12H,4-8H2,1-3H3,(H2,17,18,19). The number of methoxy groups -OCH3 is 2. The van der Waals surface area contributed by atoms with Gasteiger partial charge < -0.3 is 20.1 Å². The summed E-state index contributed by atoms with van der Waals surface area (Å²) >= 11 is 0. The zero-order valence-electron chi connectivity index (χ0n) is 13.0. The van der Waals surface area contributed by atoms with Gasteiger partial charge in [-0.2, -0.15) is 0 Å². The van der Waals surface area contributed by atoms with Crippen LogP contribution in [0.5, 0.6) is 11.5 Å². The molecule has 0 aliphatic heterocycles. The highest BCUT2D eigenvalue weighted by Crippen LogP contribution is 2.32. The Balaban J connectivity index is 2.05. The second-order valence-electron chi connectivity index (χ2n) is 5.46. The number of amides is 2. The molecule has 0 heterocycles. The number of nitrogens with one attached hydrogen (secondary N) is 2. The molecule has 1 aliphatic rings. The highest BCUT2D eigenvalue weighted by atomic mass is 16.5. The van der Waals surface area contributed by atoms with Crippen molar-refractivity contribution in [3.63, 3.8) is 0 Å². The summed E-state index contributed by atoms with van der Waals surface area (Å²) in [6.07, 6.45) is 5.76. The van der Waals surface area contributed by atoms with Crippen molar-refractivity contribution < 1.29 is 14.3 Å². The molecular formula is C16H24N2O3. The second-order valence-corrected chi connectivity index (χ2v) is 5.46. The molecule has 21 heavy (non-hydrogen) atoms. The van der Waals surface area contributed by atoms with Gasteiger partial charge in [0.15, 0.2) is 0 Å². The highest BCUT2D eigenvalue weighted by molar-refractivity contribution is 5.91. The molecule has 0 saturated heterocycles. The lowest BCUT2D eigenvalue weighted by atomic mass is 9.96. The van der Waals surface area contributed by atoms with Gasteiger partial charge in [0.1, 0.15) is 11.5 Å². The SMILES string of the molecule is COc1cc(NC(=O)NC2CCCCC2)c(OC)cc1C. The monoisotopic (exact) mass is 292 g/mol. The zero-order valence-corrected chi connectivity index (χ0v) is 13.0. The van der Waals surface area contributed by atoms with Crippen LogP contribution in [-0.4, -0.2) is 26.3 Å². The first-order chi connectivity index (χ1) is 10.1. The molecule has 2 rings (SSSR count). The number of ether oxygens (including phenoxy) is 2. The molecule has 5 heteroatoms. The van der Waals surface area contributed by atoms with Crippen LogP contribution in [0.4, 0.5) is 10.5 Å². The summed E-state index contributed by atoms with van der Waals surface area (Å²) in [6.45, 7) is 1.94. The molecule has 2 amide bonds. The van der Waals surface area contributed by atoms with Crippen LogP contribution in [0.15, 0.2) is 12.1 Å². The Kier molecular flexibility index (Phi) is 5.31. The van der Waals surface area contributed by atoms with E-state index in [0.717, 1.165) is 24.2 Å². The summed E-state index contributed by atoms with van der Waals surface area (Å²) in [5.74, 6) is 1.36. The van der Waals surface area contributed by atoms with Crippen molar-refractivity contribution in [1.82, 2.24) is 5.32 Å². The molecule has 1 aromatic rings. The third-order valence-corrected chi connectivity index (χ3v) is 3.91. The lowest BCUT2D eigenvalue weighted by Gasteiger charge is -2.23. The van der Waals surface area contributed by atoms with E-state index in [0.29, 0.717) is 11.4 Å². The maximum absolute atomic E-state index is 12.1. The first-order valence-electron chi connectivity index (χ1n) is 7.44. The largest absolute Gasteiger partial charge is 0.496 e. The number of hydrogen-bond donors (Lipinski definition) is 2. The normalized spacial score (nSPS) is 15.4. The van der Waals surface area contributed by atoms with Crippen LogP contribution in [0.1, 0.15) is 37.7 Å². The van der Waals surface area contributed by atoms with Crippen LogP contribution in [0.3, 0.4) is 0 Å². The number of aryl methyl sites for hydroxylation is 1. The fourth-order valence-corrected chi connectivity index (χ4v) is 2.74. The van der Waals surface area contributed by atoms with Crippen molar-refractivity contribution in [2.24, 2.45) is 0 Å². The third-order valence-electron chi connectivity index (χ3n) is 3.91. The molecule has 0 spiro atoms. The molecule has 1 aliphatic carbocycles. The number of urea groups is 1. The molecular weight excluding hydrogens is 268 g/mol. The average Bonchev–Trinajstić information content (AvgIpc) is 2.49. The molecule has 0 radical (unpaired) electrons. The molecule has 1 saturated carbocycles. The third kappa shape index (κ3) is 4.03. The van der Waals surface area contributed by atoms with Crippen LogP contribution in [-0.2, 0) is 0 Å². The smallest absolute Gasteiger partial charge is 0.319 e. The predicted octanol–water partition coefficient (Wildman–Crippen LogP) is 3.47. The molecule has 1 fully saturated rings. The van der Waals surface area contributed by atoms with Crippen molar-refractivity contribution in [3.8, 4) is 11.5 Å². The van der Waals surface area contributed by atoms with Gasteiger partial charge in [-0.1, -0.05) is 19.3 Å². The fraction of sp³-hybridized carbons (Fsp3) is 0.562. The van der Waals surface area contributed by atoms with Gasteiger partial charge in [0, 0.05) is 12.1 Å². The Morgan fingerprint density at radius 1 is 1.10 bits per heavy atom. The maximum atomic E-state index is 12.1.